The van der Waals surface area contributed by atoms with Gasteiger partial charge in [-0.1, -0.05) is 6.07 Å². The van der Waals surface area contributed by atoms with E-state index in [-0.39, 0.29) is 17.2 Å². The third-order valence-electron chi connectivity index (χ3n) is 2.69. The van der Waals surface area contributed by atoms with Gasteiger partial charge in [0.15, 0.2) is 11.1 Å². The van der Waals surface area contributed by atoms with Gasteiger partial charge in [0.2, 0.25) is 0 Å². The summed E-state index contributed by atoms with van der Waals surface area (Å²) in [6.45, 7) is 0.605. The highest BCUT2D eigenvalue weighted by atomic mass is 32.1. The number of benzene rings is 1. The van der Waals surface area contributed by atoms with Gasteiger partial charge in [-0.25, -0.2) is 4.98 Å². The standard InChI is InChI=1S/C12H10N4O3S/c17-16(18)8-2-1-3-9-11(8)15-12(19-9)14-5-4-10-13-6-7-20-10/h1-3,6-7H,4-5H2,(H,14,15). The molecule has 2 aromatic heterocycles. The number of hydrogen-bond acceptors (Lipinski definition) is 7. The molecule has 0 atom stereocenters. The van der Waals surface area contributed by atoms with E-state index in [1.54, 1.807) is 29.7 Å². The highest BCUT2D eigenvalue weighted by Crippen LogP contribution is 2.27. The molecule has 0 saturated heterocycles. The number of nitrogens with zero attached hydrogens (tertiary/aromatic N) is 3. The third-order valence-corrected chi connectivity index (χ3v) is 3.53. The SMILES string of the molecule is O=[N+]([O-])c1cccc2oc(NCCc3nccs3)nc12. The number of nitro groups is 1. The molecule has 0 radical (unpaired) electrons. The minimum absolute atomic E-state index is 0.0563. The lowest BCUT2D eigenvalue weighted by Gasteiger charge is -1.97. The van der Waals surface area contributed by atoms with Crippen LogP contribution >= 0.6 is 11.3 Å². The molecule has 3 aromatic rings. The first-order valence-corrected chi connectivity index (χ1v) is 6.78. The van der Waals surface area contributed by atoms with Crippen molar-refractivity contribution in [1.82, 2.24) is 9.97 Å². The fraction of sp³-hybridized carbons (Fsp3) is 0.167. The molecule has 2 heterocycles. The Morgan fingerprint density at radius 1 is 1.45 bits per heavy atom. The summed E-state index contributed by atoms with van der Waals surface area (Å²) in [5, 5.41) is 16.8. The van der Waals surface area contributed by atoms with Gasteiger partial charge in [-0.05, 0) is 6.07 Å². The predicted molar refractivity (Wildman–Crippen MR) is 75.0 cm³/mol. The maximum absolute atomic E-state index is 10.9. The fourth-order valence-corrected chi connectivity index (χ4v) is 2.43. The first-order valence-electron chi connectivity index (χ1n) is 5.90. The average Bonchev–Trinajstić information content (AvgIpc) is 3.06. The van der Waals surface area contributed by atoms with Crippen LogP contribution < -0.4 is 5.32 Å². The molecular weight excluding hydrogens is 280 g/mol. The van der Waals surface area contributed by atoms with Gasteiger partial charge in [0.25, 0.3) is 11.7 Å². The molecule has 0 aliphatic carbocycles. The Labute approximate surface area is 117 Å². The van der Waals surface area contributed by atoms with Gasteiger partial charge < -0.3 is 9.73 Å². The molecule has 7 nitrogen and oxygen atoms in total. The van der Waals surface area contributed by atoms with Crippen molar-refractivity contribution in [3.05, 3.63) is 44.9 Å². The number of rotatable bonds is 5. The first kappa shape index (κ1) is 12.5. The van der Waals surface area contributed by atoms with Crippen molar-refractivity contribution in [2.24, 2.45) is 0 Å². The van der Waals surface area contributed by atoms with Crippen LogP contribution in [-0.4, -0.2) is 21.4 Å². The summed E-state index contributed by atoms with van der Waals surface area (Å²) in [7, 11) is 0. The molecule has 102 valence electrons. The number of fused-ring (bicyclic) bond motifs is 1. The predicted octanol–water partition coefficient (Wildman–Crippen LogP) is 2.85. The lowest BCUT2D eigenvalue weighted by molar-refractivity contribution is -0.383. The Balaban J connectivity index is 1.76. The van der Waals surface area contributed by atoms with Crippen LogP contribution in [0.15, 0.2) is 34.2 Å². The van der Waals surface area contributed by atoms with Crippen LogP contribution in [0.1, 0.15) is 5.01 Å². The topological polar surface area (TPSA) is 94.1 Å². The van der Waals surface area contributed by atoms with Gasteiger partial charge in [0.1, 0.15) is 0 Å². The number of oxazole rings is 1. The number of aromatic nitrogens is 2. The van der Waals surface area contributed by atoms with Gasteiger partial charge in [-0.3, -0.25) is 10.1 Å². The van der Waals surface area contributed by atoms with Crippen LogP contribution in [0, 0.1) is 10.1 Å². The molecule has 1 N–H and O–H groups in total. The number of non-ortho nitro benzene ring substituents is 1. The molecule has 0 saturated carbocycles. The van der Waals surface area contributed by atoms with Crippen molar-refractivity contribution in [2.45, 2.75) is 6.42 Å². The highest BCUT2D eigenvalue weighted by molar-refractivity contribution is 7.09. The Bertz CT molecular complexity index is 738. The summed E-state index contributed by atoms with van der Waals surface area (Å²) >= 11 is 1.58. The average molecular weight is 290 g/mol. The van der Waals surface area contributed by atoms with Crippen molar-refractivity contribution in [2.75, 3.05) is 11.9 Å². The van der Waals surface area contributed by atoms with Crippen molar-refractivity contribution < 1.29 is 9.34 Å². The number of nitro benzene ring substituents is 1. The minimum Gasteiger partial charge on any atom is -0.423 e. The molecular formula is C12H10N4O3S. The quantitative estimate of drug-likeness (QED) is 0.573. The molecule has 3 rings (SSSR count). The lowest BCUT2D eigenvalue weighted by atomic mass is 10.3. The molecule has 0 bridgehead atoms. The summed E-state index contributed by atoms with van der Waals surface area (Å²) in [5.41, 5.74) is 0.601. The molecule has 0 unspecified atom stereocenters. The molecule has 20 heavy (non-hydrogen) atoms. The monoisotopic (exact) mass is 290 g/mol. The number of hydrogen-bond donors (Lipinski definition) is 1. The van der Waals surface area contributed by atoms with Gasteiger partial charge in [-0.2, -0.15) is 4.98 Å². The van der Waals surface area contributed by atoms with E-state index < -0.39 is 4.92 Å². The summed E-state index contributed by atoms with van der Waals surface area (Å²) < 4.78 is 5.43. The number of thiazole rings is 1. The van der Waals surface area contributed by atoms with E-state index in [9.17, 15) is 10.1 Å². The molecule has 8 heteroatoms. The largest absolute Gasteiger partial charge is 0.423 e. The Hall–Kier alpha value is -2.48. The van der Waals surface area contributed by atoms with E-state index in [4.69, 9.17) is 4.42 Å². The van der Waals surface area contributed by atoms with Crippen LogP contribution in [0.2, 0.25) is 0 Å². The number of para-hydroxylation sites is 1. The van der Waals surface area contributed by atoms with E-state index >= 15 is 0 Å². The maximum Gasteiger partial charge on any atom is 0.298 e. The van der Waals surface area contributed by atoms with Gasteiger partial charge in [-0.15, -0.1) is 11.3 Å². The van der Waals surface area contributed by atoms with Gasteiger partial charge in [0.05, 0.1) is 9.93 Å². The van der Waals surface area contributed by atoms with Crippen LogP contribution in [0.25, 0.3) is 11.1 Å². The molecule has 0 spiro atoms. The molecule has 0 fully saturated rings. The highest BCUT2D eigenvalue weighted by Gasteiger charge is 2.17. The summed E-state index contributed by atoms with van der Waals surface area (Å²) in [5.74, 6) is 0. The van der Waals surface area contributed by atoms with Crippen LogP contribution in [0.3, 0.4) is 0 Å². The second-order valence-corrected chi connectivity index (χ2v) is 4.98. The Morgan fingerprint density at radius 2 is 2.35 bits per heavy atom. The zero-order valence-corrected chi connectivity index (χ0v) is 11.1. The van der Waals surface area contributed by atoms with Gasteiger partial charge in [0, 0.05) is 30.6 Å². The van der Waals surface area contributed by atoms with E-state index in [1.807, 2.05) is 5.38 Å². The Morgan fingerprint density at radius 3 is 3.10 bits per heavy atom. The zero-order chi connectivity index (χ0) is 13.9. The number of nitrogens with one attached hydrogen (secondary N) is 1. The summed E-state index contributed by atoms with van der Waals surface area (Å²) in [4.78, 5) is 18.7. The normalized spacial score (nSPS) is 10.8. The lowest BCUT2D eigenvalue weighted by Crippen LogP contribution is -2.04. The van der Waals surface area contributed by atoms with Crippen molar-refractivity contribution in [3.8, 4) is 0 Å². The zero-order valence-electron chi connectivity index (χ0n) is 10.3. The van der Waals surface area contributed by atoms with Crippen molar-refractivity contribution in [1.29, 1.82) is 0 Å². The Kier molecular flexibility index (Phi) is 3.30. The van der Waals surface area contributed by atoms with E-state index in [1.165, 1.54) is 6.07 Å². The van der Waals surface area contributed by atoms with E-state index in [0.717, 1.165) is 11.4 Å². The van der Waals surface area contributed by atoms with Gasteiger partial charge >= 0.3 is 0 Å². The van der Waals surface area contributed by atoms with Crippen LogP contribution in [0.5, 0.6) is 0 Å². The van der Waals surface area contributed by atoms with Crippen molar-refractivity contribution in [3.63, 3.8) is 0 Å². The molecule has 0 aliphatic rings. The fourth-order valence-electron chi connectivity index (χ4n) is 1.81. The minimum atomic E-state index is -0.468. The van der Waals surface area contributed by atoms with E-state index in [2.05, 4.69) is 15.3 Å². The third kappa shape index (κ3) is 2.45. The molecule has 0 aliphatic heterocycles. The maximum atomic E-state index is 10.9. The summed E-state index contributed by atoms with van der Waals surface area (Å²) in [6.07, 6.45) is 2.50. The second-order valence-electron chi connectivity index (χ2n) is 4.00. The first-order chi connectivity index (χ1) is 9.74. The second kappa shape index (κ2) is 5.25. The smallest absolute Gasteiger partial charge is 0.298 e. The van der Waals surface area contributed by atoms with Crippen LogP contribution in [-0.2, 0) is 6.42 Å². The molecule has 0 amide bonds. The van der Waals surface area contributed by atoms with Crippen LogP contribution in [0.4, 0.5) is 11.7 Å². The molecule has 1 aromatic carbocycles. The summed E-state index contributed by atoms with van der Waals surface area (Å²) in [6, 6.07) is 4.92. The van der Waals surface area contributed by atoms with Crippen molar-refractivity contribution >= 4 is 34.1 Å². The van der Waals surface area contributed by atoms with E-state index in [0.29, 0.717) is 12.1 Å². The number of anilines is 1.